The number of rotatable bonds is 12. The van der Waals surface area contributed by atoms with Crippen molar-refractivity contribution in [2.24, 2.45) is 5.92 Å². The summed E-state index contributed by atoms with van der Waals surface area (Å²) in [5.41, 5.74) is 0. The van der Waals surface area contributed by atoms with Gasteiger partial charge in [-0.3, -0.25) is 4.79 Å². The average molecular weight is 379 g/mol. The van der Waals surface area contributed by atoms with Gasteiger partial charge in [-0.2, -0.15) is 11.8 Å². The Morgan fingerprint density at radius 2 is 1.62 bits per heavy atom. The first-order valence-electron chi connectivity index (χ1n) is 9.23. The van der Waals surface area contributed by atoms with E-state index in [1.165, 1.54) is 13.5 Å². The zero-order valence-electron chi connectivity index (χ0n) is 15.7. The summed E-state index contributed by atoms with van der Waals surface area (Å²) < 4.78 is 22.6. The molecule has 1 aliphatic rings. The van der Waals surface area contributed by atoms with Gasteiger partial charge in [-0.25, -0.2) is 0 Å². The molecule has 24 heavy (non-hydrogen) atoms. The van der Waals surface area contributed by atoms with Gasteiger partial charge in [0, 0.05) is 31.1 Å². The summed E-state index contributed by atoms with van der Waals surface area (Å²) in [5, 5.41) is 0.383. The van der Waals surface area contributed by atoms with Gasteiger partial charge in [-0.15, -0.1) is 0 Å². The molecule has 0 aromatic carbocycles. The molecule has 1 rings (SSSR count). The van der Waals surface area contributed by atoms with Gasteiger partial charge >= 0.3 is 14.8 Å². The van der Waals surface area contributed by atoms with Crippen LogP contribution in [0.3, 0.4) is 0 Å². The Labute approximate surface area is 152 Å². The lowest BCUT2D eigenvalue weighted by Crippen LogP contribution is -2.46. The topological polar surface area (TPSA) is 54.0 Å². The molecule has 1 fully saturated rings. The van der Waals surface area contributed by atoms with Gasteiger partial charge in [0.05, 0.1) is 13.0 Å². The minimum Gasteiger partial charge on any atom is -0.469 e. The molecule has 2 unspecified atom stereocenters. The highest BCUT2D eigenvalue weighted by molar-refractivity contribution is 7.99. The molecule has 1 aliphatic carbocycles. The Kier molecular flexibility index (Phi) is 11.3. The highest BCUT2D eigenvalue weighted by Gasteiger charge is 2.40. The molecule has 2 atom stereocenters. The van der Waals surface area contributed by atoms with E-state index in [4.69, 9.17) is 18.0 Å². The fourth-order valence-corrected chi connectivity index (χ4v) is 7.54. The summed E-state index contributed by atoms with van der Waals surface area (Å²) >= 11 is 1.90. The van der Waals surface area contributed by atoms with Crippen LogP contribution >= 0.6 is 11.8 Å². The van der Waals surface area contributed by atoms with E-state index in [2.05, 4.69) is 0 Å². The smallest absolute Gasteiger partial charge is 0.469 e. The first kappa shape index (κ1) is 22.0. The predicted molar refractivity (Wildman–Crippen MR) is 100 cm³/mol. The van der Waals surface area contributed by atoms with E-state index in [9.17, 15) is 4.79 Å². The van der Waals surface area contributed by atoms with Gasteiger partial charge in [0.2, 0.25) is 0 Å². The molecule has 0 spiro atoms. The number of hydrogen-bond donors (Lipinski definition) is 0. The van der Waals surface area contributed by atoms with Crippen molar-refractivity contribution in [1.29, 1.82) is 0 Å². The Morgan fingerprint density at radius 3 is 2.17 bits per heavy atom. The molecule has 0 aromatic heterocycles. The lowest BCUT2D eigenvalue weighted by Gasteiger charge is -2.30. The maximum Gasteiger partial charge on any atom is 0.500 e. The number of carbonyl (C=O) groups excluding carboxylic acids is 1. The van der Waals surface area contributed by atoms with Crippen molar-refractivity contribution in [2.75, 3.05) is 32.7 Å². The first-order chi connectivity index (χ1) is 11.6. The van der Waals surface area contributed by atoms with Crippen LogP contribution in [0.1, 0.15) is 52.9 Å². The molecular weight excluding hydrogens is 344 g/mol. The maximum absolute atomic E-state index is 11.9. The molecule has 7 heteroatoms. The molecule has 0 aromatic rings. The Balaban J connectivity index is 2.47. The van der Waals surface area contributed by atoms with Crippen molar-refractivity contribution < 1.29 is 22.8 Å². The van der Waals surface area contributed by atoms with Crippen LogP contribution in [0.15, 0.2) is 0 Å². The van der Waals surface area contributed by atoms with E-state index in [-0.39, 0.29) is 11.9 Å². The molecule has 0 N–H and O–H groups in total. The van der Waals surface area contributed by atoms with E-state index >= 15 is 0 Å². The van der Waals surface area contributed by atoms with Crippen molar-refractivity contribution in [2.45, 2.75) is 64.2 Å². The van der Waals surface area contributed by atoms with Gasteiger partial charge in [-0.1, -0.05) is 12.8 Å². The third-order valence-corrected chi connectivity index (χ3v) is 8.93. The third-order valence-electron chi connectivity index (χ3n) is 4.26. The number of ether oxygens (including phenoxy) is 1. The molecular formula is C17H34O5SSi. The van der Waals surface area contributed by atoms with Crippen molar-refractivity contribution in [3.8, 4) is 0 Å². The second kappa shape index (κ2) is 12.3. The lowest BCUT2D eigenvalue weighted by molar-refractivity contribution is -0.146. The monoisotopic (exact) mass is 378 g/mol. The number of hydrogen-bond acceptors (Lipinski definition) is 6. The lowest BCUT2D eigenvalue weighted by atomic mass is 9.89. The average Bonchev–Trinajstić information content (AvgIpc) is 2.59. The highest BCUT2D eigenvalue weighted by Crippen LogP contribution is 2.35. The first-order valence-corrected chi connectivity index (χ1v) is 12.2. The van der Waals surface area contributed by atoms with Crippen LogP contribution in [-0.2, 0) is 22.8 Å². The van der Waals surface area contributed by atoms with Crippen molar-refractivity contribution >= 4 is 26.5 Å². The normalized spacial score (nSPS) is 21.7. The SMILES string of the molecule is CCO[Si](CCCSC1CCCCC1C(=O)OC)(OCC)OCC. The largest absolute Gasteiger partial charge is 0.500 e. The summed E-state index contributed by atoms with van der Waals surface area (Å²) in [5.74, 6) is 1.01. The summed E-state index contributed by atoms with van der Waals surface area (Å²) in [6.45, 7) is 7.80. The summed E-state index contributed by atoms with van der Waals surface area (Å²) in [4.78, 5) is 11.9. The molecule has 0 saturated heterocycles. The Bertz CT molecular complexity index is 339. The molecule has 0 bridgehead atoms. The van der Waals surface area contributed by atoms with Crippen LogP contribution in [0.2, 0.25) is 6.04 Å². The van der Waals surface area contributed by atoms with Gasteiger partial charge in [-0.05, 0) is 45.8 Å². The molecule has 0 radical (unpaired) electrons. The minimum atomic E-state index is -2.53. The number of thioether (sulfide) groups is 1. The van der Waals surface area contributed by atoms with Gasteiger partial charge in [0.1, 0.15) is 0 Å². The van der Waals surface area contributed by atoms with E-state index < -0.39 is 8.80 Å². The third kappa shape index (κ3) is 7.04. The molecule has 1 saturated carbocycles. The van der Waals surface area contributed by atoms with Crippen LogP contribution in [0.5, 0.6) is 0 Å². The van der Waals surface area contributed by atoms with E-state index in [0.29, 0.717) is 25.1 Å². The number of carbonyl (C=O) groups is 1. The quantitative estimate of drug-likeness (QED) is 0.292. The fourth-order valence-electron chi connectivity index (χ4n) is 3.24. The Morgan fingerprint density at radius 1 is 1.04 bits per heavy atom. The molecule has 142 valence electrons. The van der Waals surface area contributed by atoms with Crippen LogP contribution in [0.4, 0.5) is 0 Å². The minimum absolute atomic E-state index is 0.0473. The zero-order chi connectivity index (χ0) is 17.8. The summed E-state index contributed by atoms with van der Waals surface area (Å²) in [6.07, 6.45) is 5.39. The van der Waals surface area contributed by atoms with Gasteiger partial charge in [0.15, 0.2) is 0 Å². The van der Waals surface area contributed by atoms with Gasteiger partial charge in [0.25, 0.3) is 0 Å². The zero-order valence-corrected chi connectivity index (χ0v) is 17.5. The predicted octanol–water partition coefficient (Wildman–Crippen LogP) is 3.89. The molecule has 0 amide bonds. The van der Waals surface area contributed by atoms with Gasteiger partial charge < -0.3 is 18.0 Å². The van der Waals surface area contributed by atoms with E-state index in [1.54, 1.807) is 0 Å². The summed E-state index contributed by atoms with van der Waals surface area (Å²) in [7, 11) is -1.04. The van der Waals surface area contributed by atoms with Crippen LogP contribution in [0, 0.1) is 5.92 Å². The van der Waals surface area contributed by atoms with Crippen LogP contribution < -0.4 is 0 Å². The standard InChI is InChI=1S/C17H34O5SSi/c1-5-20-24(21-6-2,22-7-3)14-10-13-23-16-12-9-8-11-15(16)17(18)19-4/h15-16H,5-14H2,1-4H3. The summed E-state index contributed by atoms with van der Waals surface area (Å²) in [6, 6.07) is 0.838. The molecule has 5 nitrogen and oxygen atoms in total. The molecule has 0 heterocycles. The van der Waals surface area contributed by atoms with Crippen LogP contribution in [-0.4, -0.2) is 52.7 Å². The number of esters is 1. The second-order valence-electron chi connectivity index (χ2n) is 5.91. The number of methoxy groups -OCH3 is 1. The fraction of sp³-hybridized carbons (Fsp3) is 0.941. The van der Waals surface area contributed by atoms with Crippen molar-refractivity contribution in [3.63, 3.8) is 0 Å². The maximum atomic E-state index is 11.9. The van der Waals surface area contributed by atoms with Crippen LogP contribution in [0.25, 0.3) is 0 Å². The van der Waals surface area contributed by atoms with Crippen molar-refractivity contribution in [1.82, 2.24) is 0 Å². The van der Waals surface area contributed by atoms with Crippen molar-refractivity contribution in [3.05, 3.63) is 0 Å². The second-order valence-corrected chi connectivity index (χ2v) is 9.99. The highest BCUT2D eigenvalue weighted by atomic mass is 32.2. The van der Waals surface area contributed by atoms with E-state index in [0.717, 1.165) is 37.5 Å². The van der Waals surface area contributed by atoms with E-state index in [1.807, 2.05) is 32.5 Å². The molecule has 0 aliphatic heterocycles. The Hall–Kier alpha value is -0.0831.